The van der Waals surface area contributed by atoms with E-state index in [2.05, 4.69) is 49.7 Å². The van der Waals surface area contributed by atoms with Crippen molar-refractivity contribution in [2.45, 2.75) is 25.4 Å². The Bertz CT molecular complexity index is 560. The Balaban J connectivity index is 0.00000392. The molecule has 1 heterocycles. The first-order valence-corrected chi connectivity index (χ1v) is 9.51. The van der Waals surface area contributed by atoms with Crippen molar-refractivity contribution in [2.24, 2.45) is 4.99 Å². The van der Waals surface area contributed by atoms with Crippen LogP contribution in [0.3, 0.4) is 0 Å². The number of rotatable bonds is 8. The van der Waals surface area contributed by atoms with Gasteiger partial charge in [-0.3, -0.25) is 9.89 Å². The quantitative estimate of drug-likeness (QED) is 0.242. The third-order valence-corrected chi connectivity index (χ3v) is 4.61. The average Bonchev–Trinajstić information content (AvgIpc) is 2.66. The number of piperazine rings is 1. The van der Waals surface area contributed by atoms with E-state index in [1.54, 1.807) is 7.05 Å². The maximum absolute atomic E-state index is 12.2. The molecule has 1 aliphatic heterocycles. The fraction of sp³-hybridized carbons (Fsp3) is 0.632. The summed E-state index contributed by atoms with van der Waals surface area (Å²) < 4.78 is 36.5. The van der Waals surface area contributed by atoms with Crippen LogP contribution in [0.4, 0.5) is 18.9 Å². The van der Waals surface area contributed by atoms with Gasteiger partial charge in [-0.05, 0) is 31.5 Å². The summed E-state index contributed by atoms with van der Waals surface area (Å²) in [4.78, 5) is 8.82. The van der Waals surface area contributed by atoms with Gasteiger partial charge < -0.3 is 15.5 Å². The minimum absolute atomic E-state index is 0. The Hall–Kier alpha value is -1.23. The summed E-state index contributed by atoms with van der Waals surface area (Å²) in [6.45, 7) is 5.79. The molecule has 0 amide bonds. The van der Waals surface area contributed by atoms with Crippen molar-refractivity contribution in [1.82, 2.24) is 15.5 Å². The fourth-order valence-corrected chi connectivity index (χ4v) is 3.08. The normalized spacial score (nSPS) is 15.9. The molecule has 0 radical (unpaired) electrons. The van der Waals surface area contributed by atoms with Crippen LogP contribution in [-0.4, -0.2) is 69.9 Å². The van der Waals surface area contributed by atoms with Gasteiger partial charge in [0.05, 0.1) is 6.42 Å². The molecule has 160 valence electrons. The van der Waals surface area contributed by atoms with Gasteiger partial charge >= 0.3 is 6.18 Å². The number of aliphatic imine (C=N–C) groups is 1. The molecule has 1 aromatic rings. The summed E-state index contributed by atoms with van der Waals surface area (Å²) in [6, 6.07) is 10.5. The first-order valence-electron chi connectivity index (χ1n) is 9.51. The molecule has 0 saturated carbocycles. The zero-order valence-corrected chi connectivity index (χ0v) is 18.7. The first-order chi connectivity index (χ1) is 13.0. The zero-order valence-electron chi connectivity index (χ0n) is 16.3. The van der Waals surface area contributed by atoms with Crippen molar-refractivity contribution >= 4 is 35.6 Å². The lowest BCUT2D eigenvalue weighted by Crippen LogP contribution is -2.46. The summed E-state index contributed by atoms with van der Waals surface area (Å²) in [6.07, 6.45) is -2.99. The molecule has 1 saturated heterocycles. The monoisotopic (exact) mass is 513 g/mol. The van der Waals surface area contributed by atoms with Crippen molar-refractivity contribution in [3.63, 3.8) is 0 Å². The molecular formula is C19H31F3IN5. The van der Waals surface area contributed by atoms with Crippen LogP contribution in [-0.2, 0) is 0 Å². The van der Waals surface area contributed by atoms with E-state index in [-0.39, 0.29) is 30.5 Å². The minimum Gasteiger partial charge on any atom is -0.369 e. The summed E-state index contributed by atoms with van der Waals surface area (Å²) in [5, 5.41) is 5.76. The van der Waals surface area contributed by atoms with Gasteiger partial charge in [-0.25, -0.2) is 0 Å². The number of benzene rings is 1. The number of para-hydroxylation sites is 1. The molecule has 0 unspecified atom stereocenters. The number of hydrogen-bond acceptors (Lipinski definition) is 3. The molecule has 1 fully saturated rings. The lowest BCUT2D eigenvalue weighted by atomic mass is 10.2. The zero-order chi connectivity index (χ0) is 19.5. The van der Waals surface area contributed by atoms with Gasteiger partial charge in [0, 0.05) is 52.0 Å². The Kier molecular flexibility index (Phi) is 11.6. The van der Waals surface area contributed by atoms with E-state index in [9.17, 15) is 13.2 Å². The Morgan fingerprint density at radius 3 is 2.25 bits per heavy atom. The van der Waals surface area contributed by atoms with E-state index in [1.165, 1.54) is 5.69 Å². The standard InChI is InChI=1S/C19H30F3N5.HI/c1-23-18(25-11-9-19(20,21)22)24-10-5-6-12-26-13-15-27(16-14-26)17-7-3-2-4-8-17;/h2-4,7-8H,5-6,9-16H2,1H3,(H2,23,24,25);1H. The van der Waals surface area contributed by atoms with Gasteiger partial charge in [0.1, 0.15) is 0 Å². The SMILES string of the molecule is CN=C(NCCCCN1CCN(c2ccccc2)CC1)NCCC(F)(F)F.I. The van der Waals surface area contributed by atoms with E-state index >= 15 is 0 Å². The topological polar surface area (TPSA) is 42.9 Å². The highest BCUT2D eigenvalue weighted by Gasteiger charge is 2.26. The molecule has 1 aliphatic rings. The second kappa shape index (κ2) is 13.1. The van der Waals surface area contributed by atoms with Crippen LogP contribution in [0, 0.1) is 0 Å². The number of halogens is 4. The Labute approximate surface area is 182 Å². The molecule has 28 heavy (non-hydrogen) atoms. The summed E-state index contributed by atoms with van der Waals surface area (Å²) in [7, 11) is 1.56. The maximum Gasteiger partial charge on any atom is 0.390 e. The number of alkyl halides is 3. The van der Waals surface area contributed by atoms with Crippen molar-refractivity contribution < 1.29 is 13.2 Å². The largest absolute Gasteiger partial charge is 0.390 e. The van der Waals surface area contributed by atoms with Gasteiger partial charge in [0.25, 0.3) is 0 Å². The lowest BCUT2D eigenvalue weighted by molar-refractivity contribution is -0.132. The van der Waals surface area contributed by atoms with Crippen LogP contribution in [0.5, 0.6) is 0 Å². The number of hydrogen-bond donors (Lipinski definition) is 2. The van der Waals surface area contributed by atoms with E-state index in [0.29, 0.717) is 12.5 Å². The highest BCUT2D eigenvalue weighted by atomic mass is 127. The summed E-state index contributed by atoms with van der Waals surface area (Å²) >= 11 is 0. The second-order valence-electron chi connectivity index (χ2n) is 6.66. The Morgan fingerprint density at radius 2 is 1.64 bits per heavy atom. The number of anilines is 1. The number of nitrogens with one attached hydrogen (secondary N) is 2. The van der Waals surface area contributed by atoms with Crippen LogP contribution in [0.2, 0.25) is 0 Å². The average molecular weight is 513 g/mol. The van der Waals surface area contributed by atoms with Crippen molar-refractivity contribution in [3.8, 4) is 0 Å². The highest BCUT2D eigenvalue weighted by Crippen LogP contribution is 2.18. The van der Waals surface area contributed by atoms with E-state index in [1.807, 2.05) is 6.07 Å². The van der Waals surface area contributed by atoms with E-state index < -0.39 is 12.6 Å². The van der Waals surface area contributed by atoms with Crippen LogP contribution in [0.1, 0.15) is 19.3 Å². The molecule has 5 nitrogen and oxygen atoms in total. The molecule has 1 aromatic carbocycles. The molecule has 0 aromatic heterocycles. The minimum atomic E-state index is -4.14. The number of guanidine groups is 1. The highest BCUT2D eigenvalue weighted by molar-refractivity contribution is 14.0. The molecule has 0 bridgehead atoms. The van der Waals surface area contributed by atoms with Gasteiger partial charge in [0.15, 0.2) is 5.96 Å². The van der Waals surface area contributed by atoms with Crippen LogP contribution < -0.4 is 15.5 Å². The number of nitrogens with zero attached hydrogens (tertiary/aromatic N) is 3. The van der Waals surface area contributed by atoms with Gasteiger partial charge in [-0.2, -0.15) is 13.2 Å². The molecule has 9 heteroatoms. The van der Waals surface area contributed by atoms with Gasteiger partial charge in [-0.1, -0.05) is 18.2 Å². The summed E-state index contributed by atoms with van der Waals surface area (Å²) in [5.41, 5.74) is 1.28. The second-order valence-corrected chi connectivity index (χ2v) is 6.66. The van der Waals surface area contributed by atoms with E-state index in [4.69, 9.17) is 0 Å². The predicted octanol–water partition coefficient (Wildman–Crippen LogP) is 3.32. The van der Waals surface area contributed by atoms with Crippen molar-refractivity contribution in [3.05, 3.63) is 30.3 Å². The predicted molar refractivity (Wildman–Crippen MR) is 120 cm³/mol. The van der Waals surface area contributed by atoms with Crippen molar-refractivity contribution in [2.75, 3.05) is 57.8 Å². The molecule has 2 rings (SSSR count). The third-order valence-electron chi connectivity index (χ3n) is 4.61. The van der Waals surface area contributed by atoms with Crippen LogP contribution in [0.25, 0.3) is 0 Å². The molecule has 0 atom stereocenters. The molecule has 0 spiro atoms. The first kappa shape index (κ1) is 24.8. The Morgan fingerprint density at radius 1 is 1.00 bits per heavy atom. The van der Waals surface area contributed by atoms with Gasteiger partial charge in [0.2, 0.25) is 0 Å². The smallest absolute Gasteiger partial charge is 0.369 e. The molecule has 2 N–H and O–H groups in total. The lowest BCUT2D eigenvalue weighted by Gasteiger charge is -2.36. The fourth-order valence-electron chi connectivity index (χ4n) is 3.08. The van der Waals surface area contributed by atoms with E-state index in [0.717, 1.165) is 45.6 Å². The number of unbranched alkanes of at least 4 members (excludes halogenated alkanes) is 1. The summed E-state index contributed by atoms with van der Waals surface area (Å²) in [5.74, 6) is 0.427. The van der Waals surface area contributed by atoms with Gasteiger partial charge in [-0.15, -0.1) is 24.0 Å². The van der Waals surface area contributed by atoms with Crippen molar-refractivity contribution in [1.29, 1.82) is 0 Å². The van der Waals surface area contributed by atoms with Crippen LogP contribution in [0.15, 0.2) is 35.3 Å². The van der Waals surface area contributed by atoms with Crippen LogP contribution >= 0.6 is 24.0 Å². The maximum atomic E-state index is 12.2. The third kappa shape index (κ3) is 9.81. The molecular weight excluding hydrogens is 482 g/mol. The molecule has 0 aliphatic carbocycles.